The Bertz CT molecular complexity index is 1430. The average Bonchev–Trinajstić information content (AvgIpc) is 3.32. The number of cyclic esters (lactones) is 1. The summed E-state index contributed by atoms with van der Waals surface area (Å²) in [6.07, 6.45) is 13.7. The summed E-state index contributed by atoms with van der Waals surface area (Å²) in [6, 6.07) is -1.40. The Morgan fingerprint density at radius 3 is 2.74 bits per heavy atom. The van der Waals surface area contributed by atoms with Crippen molar-refractivity contribution in [3.63, 3.8) is 0 Å². The van der Waals surface area contributed by atoms with Crippen LogP contribution in [0.3, 0.4) is 0 Å². The number of nitrogens with one attached hydrogen (secondary N) is 2. The van der Waals surface area contributed by atoms with E-state index in [1.165, 1.54) is 22.5 Å². The number of fused-ring (bicyclic) bond motifs is 2. The molecule has 4 bridgehead atoms. The third-order valence-electron chi connectivity index (χ3n) is 9.88. The number of nitrogens with two attached hydrogens (primary N) is 1. The minimum Gasteiger partial charge on any atom is -0.461 e. The zero-order valence-corrected chi connectivity index (χ0v) is 28.0. The van der Waals surface area contributed by atoms with Gasteiger partial charge in [0.1, 0.15) is 0 Å². The van der Waals surface area contributed by atoms with E-state index in [9.17, 15) is 19.8 Å². The van der Waals surface area contributed by atoms with Crippen LogP contribution >= 0.6 is 0 Å². The first-order chi connectivity index (χ1) is 21.9. The second-order valence-corrected chi connectivity index (χ2v) is 14.4. The van der Waals surface area contributed by atoms with Crippen LogP contribution in [0.15, 0.2) is 41.0 Å². The molecule has 2 aliphatic heterocycles. The van der Waals surface area contributed by atoms with E-state index in [1.807, 2.05) is 13.0 Å². The highest BCUT2D eigenvalue weighted by Gasteiger charge is 2.37. The maximum absolute atomic E-state index is 13.0. The van der Waals surface area contributed by atoms with E-state index < -0.39 is 24.3 Å². The smallest absolute Gasteiger partial charge is 0.364 e. The summed E-state index contributed by atoms with van der Waals surface area (Å²) in [4.78, 5) is 25.8. The molecule has 0 spiro atoms. The molecule has 6 atom stereocenters. The van der Waals surface area contributed by atoms with Crippen LogP contribution in [0, 0.1) is 5.41 Å². The predicted octanol–water partition coefficient (Wildman–Crippen LogP) is 1.80. The van der Waals surface area contributed by atoms with Gasteiger partial charge in [0.05, 0.1) is 24.9 Å². The van der Waals surface area contributed by atoms with Gasteiger partial charge in [0, 0.05) is 54.8 Å². The molecule has 10 nitrogen and oxygen atoms in total. The van der Waals surface area contributed by atoms with Gasteiger partial charge < -0.3 is 41.6 Å². The molecule has 0 radical (unpaired) electrons. The van der Waals surface area contributed by atoms with Crippen molar-refractivity contribution < 1.29 is 30.3 Å². The van der Waals surface area contributed by atoms with E-state index in [0.717, 1.165) is 36.1 Å². The van der Waals surface area contributed by atoms with Crippen molar-refractivity contribution in [2.75, 3.05) is 19.7 Å². The number of hydrogen-bond donors (Lipinski definition) is 6. The number of aliphatic hydroxyl groups excluding tert-OH is 2. The van der Waals surface area contributed by atoms with Crippen molar-refractivity contribution in [1.82, 2.24) is 15.2 Å². The number of allylic oxidation sites excluding steroid dienone is 3. The Kier molecular flexibility index (Phi) is 10.7. The minimum absolute atomic E-state index is 0.0332. The Morgan fingerprint density at radius 2 is 2.00 bits per heavy atom. The van der Waals surface area contributed by atoms with Gasteiger partial charge in [-0.15, -0.1) is 0 Å². The van der Waals surface area contributed by atoms with Gasteiger partial charge in [-0.25, -0.2) is 4.79 Å². The van der Waals surface area contributed by atoms with Gasteiger partial charge in [-0.05, 0) is 86.8 Å². The quantitative estimate of drug-likeness (QED) is 0.217. The first-order valence-electron chi connectivity index (χ1n) is 17.0. The SMILES string of the molecule is CCn1c2c3c(c1C1C=CCNC1C(C)O)CC(C)(C)COC(=O)C([NH3+])CCCNC(=O)C(N)CC1=CC(=CC(O)C1)C(=C3)CC2. The van der Waals surface area contributed by atoms with Gasteiger partial charge in [-0.1, -0.05) is 37.6 Å². The maximum atomic E-state index is 13.0. The molecular formula is C36H54N5O5+. The van der Waals surface area contributed by atoms with Gasteiger partial charge in [-0.3, -0.25) is 4.79 Å². The highest BCUT2D eigenvalue weighted by Crippen LogP contribution is 2.43. The van der Waals surface area contributed by atoms with Crippen LogP contribution in [0.4, 0.5) is 0 Å². The molecule has 9 N–H and O–H groups in total. The van der Waals surface area contributed by atoms with Gasteiger partial charge >= 0.3 is 5.97 Å². The molecule has 1 aromatic rings. The zero-order chi connectivity index (χ0) is 33.2. The number of amides is 1. The molecule has 2 aliphatic carbocycles. The molecule has 5 rings (SSSR count). The van der Waals surface area contributed by atoms with Crippen LogP contribution in [-0.4, -0.2) is 76.7 Å². The van der Waals surface area contributed by atoms with Gasteiger partial charge in [0.2, 0.25) is 5.91 Å². The molecule has 3 heterocycles. The molecule has 4 aliphatic rings. The summed E-state index contributed by atoms with van der Waals surface area (Å²) in [5.74, 6) is -0.610. The third kappa shape index (κ3) is 7.58. The minimum atomic E-state index is -0.732. The predicted molar refractivity (Wildman–Crippen MR) is 179 cm³/mol. The number of carbonyl (C=O) groups excluding carboxylic acids is 2. The summed E-state index contributed by atoms with van der Waals surface area (Å²) in [6.45, 7) is 10.4. The number of aromatic nitrogens is 1. The lowest BCUT2D eigenvalue weighted by molar-refractivity contribution is -0.410. The van der Waals surface area contributed by atoms with Crippen molar-refractivity contribution >= 4 is 18.0 Å². The summed E-state index contributed by atoms with van der Waals surface area (Å²) in [7, 11) is 0. The Balaban J connectivity index is 1.63. The molecule has 0 aromatic carbocycles. The van der Waals surface area contributed by atoms with E-state index in [0.29, 0.717) is 45.2 Å². The fourth-order valence-electron chi connectivity index (χ4n) is 7.56. The van der Waals surface area contributed by atoms with Crippen LogP contribution in [0.2, 0.25) is 0 Å². The maximum Gasteiger partial charge on any atom is 0.364 e. The lowest BCUT2D eigenvalue weighted by atomic mass is 9.79. The monoisotopic (exact) mass is 636 g/mol. The van der Waals surface area contributed by atoms with Crippen molar-refractivity contribution in [2.24, 2.45) is 11.1 Å². The topological polar surface area (TPSA) is 166 Å². The molecule has 252 valence electrons. The molecule has 1 aromatic heterocycles. The fraction of sp³-hybridized carbons (Fsp3) is 0.611. The fourth-order valence-corrected chi connectivity index (χ4v) is 7.56. The molecule has 1 amide bonds. The Labute approximate surface area is 273 Å². The van der Waals surface area contributed by atoms with E-state index in [2.05, 4.69) is 66.0 Å². The molecule has 46 heavy (non-hydrogen) atoms. The average molecular weight is 637 g/mol. The lowest BCUT2D eigenvalue weighted by Gasteiger charge is -2.34. The molecule has 0 saturated carbocycles. The zero-order valence-electron chi connectivity index (χ0n) is 28.0. The standard InChI is InChI=1S/C36H53N5O5/c1-5-41-31-11-10-23-18-27(31)28(33(41)26-8-6-12-39-32(26)21(2)42)19-36(3,4)20-46-35(45)29(37)9-7-13-40-34(44)30(38)16-22-14-24(23)17-25(43)15-22/h6,8,14,17-18,21,25-26,29-30,32,39,42-43H,5,7,9-13,15-16,19-20,37-38H2,1-4H3,(H,40,44)/p+1. The summed E-state index contributed by atoms with van der Waals surface area (Å²) < 4.78 is 8.30. The van der Waals surface area contributed by atoms with Crippen LogP contribution in [0.5, 0.6) is 0 Å². The summed E-state index contributed by atoms with van der Waals surface area (Å²) >= 11 is 0. The Hall–Kier alpha value is -3.02. The number of aliphatic hydroxyl groups is 2. The Morgan fingerprint density at radius 1 is 1.22 bits per heavy atom. The highest BCUT2D eigenvalue weighted by molar-refractivity contribution is 5.82. The highest BCUT2D eigenvalue weighted by atomic mass is 16.5. The number of carbonyl (C=O) groups is 2. The van der Waals surface area contributed by atoms with Crippen molar-refractivity contribution in [2.45, 2.75) is 115 Å². The molecular weight excluding hydrogens is 582 g/mol. The van der Waals surface area contributed by atoms with Crippen molar-refractivity contribution in [3.8, 4) is 0 Å². The number of nitrogens with zero attached hydrogens (tertiary/aromatic N) is 1. The number of hydrogen-bond acceptors (Lipinski definition) is 7. The third-order valence-corrected chi connectivity index (χ3v) is 9.88. The molecule has 6 unspecified atom stereocenters. The first-order valence-corrected chi connectivity index (χ1v) is 17.0. The second kappa shape index (κ2) is 14.4. The van der Waals surface area contributed by atoms with Crippen LogP contribution in [-0.2, 0) is 33.7 Å². The summed E-state index contributed by atoms with van der Waals surface area (Å²) in [5.41, 5.74) is 17.9. The number of quaternary nitrogens is 1. The largest absolute Gasteiger partial charge is 0.461 e. The summed E-state index contributed by atoms with van der Waals surface area (Å²) in [5, 5.41) is 28.1. The van der Waals surface area contributed by atoms with Crippen LogP contribution in [0.1, 0.15) is 88.2 Å². The van der Waals surface area contributed by atoms with Crippen molar-refractivity contribution in [1.29, 1.82) is 0 Å². The van der Waals surface area contributed by atoms with Crippen LogP contribution in [0.25, 0.3) is 6.08 Å². The first kappa shape index (κ1) is 34.3. The van der Waals surface area contributed by atoms with Gasteiger partial charge in [0.15, 0.2) is 6.04 Å². The van der Waals surface area contributed by atoms with E-state index in [-0.39, 0.29) is 35.9 Å². The van der Waals surface area contributed by atoms with Crippen molar-refractivity contribution in [3.05, 3.63) is 63.5 Å². The second-order valence-electron chi connectivity index (χ2n) is 14.4. The number of ether oxygens (including phenoxy) is 1. The lowest BCUT2D eigenvalue weighted by Crippen LogP contribution is -2.65. The molecule has 0 saturated heterocycles. The normalized spacial score (nSPS) is 29.9. The molecule has 0 fully saturated rings. The van der Waals surface area contributed by atoms with E-state index in [4.69, 9.17) is 10.5 Å². The number of esters is 1. The number of rotatable bonds is 3. The molecule has 10 heteroatoms. The van der Waals surface area contributed by atoms with Crippen LogP contribution < -0.4 is 22.1 Å². The van der Waals surface area contributed by atoms with Gasteiger partial charge in [-0.2, -0.15) is 0 Å². The van der Waals surface area contributed by atoms with Gasteiger partial charge in [0.25, 0.3) is 0 Å². The van der Waals surface area contributed by atoms with E-state index >= 15 is 0 Å². The van der Waals surface area contributed by atoms with E-state index in [1.54, 1.807) is 0 Å².